The Labute approximate surface area is 193 Å². The molecule has 0 bridgehead atoms. The minimum atomic E-state index is -1.23. The smallest absolute Gasteiger partial charge is 0.325 e. The first-order valence-corrected chi connectivity index (χ1v) is 11.0. The first-order chi connectivity index (χ1) is 15.9. The van der Waals surface area contributed by atoms with Gasteiger partial charge in [-0.2, -0.15) is 0 Å². The maximum atomic E-state index is 13.7. The molecule has 6 heteroatoms. The molecule has 1 aliphatic rings. The lowest BCUT2D eigenvalue weighted by atomic mass is 9.83. The van der Waals surface area contributed by atoms with Crippen molar-refractivity contribution in [3.05, 3.63) is 101 Å². The number of aliphatic hydroxyl groups excluding tert-OH is 1. The van der Waals surface area contributed by atoms with Crippen molar-refractivity contribution in [3.8, 4) is 5.75 Å². The van der Waals surface area contributed by atoms with Crippen molar-refractivity contribution >= 4 is 11.9 Å². The summed E-state index contributed by atoms with van der Waals surface area (Å²) in [4.78, 5) is 27.7. The second-order valence-electron chi connectivity index (χ2n) is 8.47. The van der Waals surface area contributed by atoms with Crippen molar-refractivity contribution < 1.29 is 19.4 Å². The largest absolute Gasteiger partial charge is 0.490 e. The predicted octanol–water partition coefficient (Wildman–Crippen LogP) is 3.73. The van der Waals surface area contributed by atoms with Crippen LogP contribution in [0.25, 0.3) is 0 Å². The van der Waals surface area contributed by atoms with Crippen LogP contribution < -0.4 is 10.1 Å². The van der Waals surface area contributed by atoms with E-state index in [1.807, 2.05) is 92.7 Å². The van der Waals surface area contributed by atoms with Crippen molar-refractivity contribution in [1.82, 2.24) is 10.2 Å². The summed E-state index contributed by atoms with van der Waals surface area (Å²) in [5.74, 6) is 0.324. The van der Waals surface area contributed by atoms with Gasteiger partial charge in [0.1, 0.15) is 18.5 Å². The molecule has 33 heavy (non-hydrogen) atoms. The first kappa shape index (κ1) is 22.6. The summed E-state index contributed by atoms with van der Waals surface area (Å²) in [5, 5.41) is 13.5. The monoisotopic (exact) mass is 444 g/mol. The molecule has 0 spiro atoms. The van der Waals surface area contributed by atoms with Crippen LogP contribution in [0.2, 0.25) is 0 Å². The molecule has 3 aromatic rings. The average Bonchev–Trinajstić information content (AvgIpc) is 3.05. The van der Waals surface area contributed by atoms with E-state index in [1.165, 1.54) is 0 Å². The maximum Gasteiger partial charge on any atom is 0.325 e. The molecule has 1 fully saturated rings. The summed E-state index contributed by atoms with van der Waals surface area (Å²) in [6.45, 7) is 3.69. The molecule has 3 aromatic carbocycles. The molecule has 1 aliphatic heterocycles. The topological polar surface area (TPSA) is 78.9 Å². The number of nitrogens with one attached hydrogen (secondary N) is 1. The van der Waals surface area contributed by atoms with Gasteiger partial charge in [0.05, 0.1) is 6.54 Å². The third-order valence-electron chi connectivity index (χ3n) is 5.98. The first-order valence-electron chi connectivity index (χ1n) is 11.0. The lowest BCUT2D eigenvalue weighted by Crippen LogP contribution is -2.46. The highest BCUT2D eigenvalue weighted by Gasteiger charge is 2.52. The number of aliphatic hydroxyl groups is 1. The molecule has 170 valence electrons. The van der Waals surface area contributed by atoms with E-state index in [0.29, 0.717) is 17.7 Å². The highest BCUT2D eigenvalue weighted by molar-refractivity contribution is 6.07. The molecular weight excluding hydrogens is 416 g/mol. The number of ether oxygens (including phenoxy) is 1. The van der Waals surface area contributed by atoms with Crippen LogP contribution >= 0.6 is 0 Å². The number of urea groups is 1. The van der Waals surface area contributed by atoms with Crippen molar-refractivity contribution in [3.63, 3.8) is 0 Å². The van der Waals surface area contributed by atoms with Gasteiger partial charge in [-0.3, -0.25) is 9.69 Å². The van der Waals surface area contributed by atoms with Crippen molar-refractivity contribution in [2.24, 2.45) is 0 Å². The van der Waals surface area contributed by atoms with E-state index in [1.54, 1.807) is 0 Å². The van der Waals surface area contributed by atoms with Crippen molar-refractivity contribution in [2.45, 2.75) is 31.9 Å². The zero-order valence-corrected chi connectivity index (χ0v) is 18.8. The lowest BCUT2D eigenvalue weighted by molar-refractivity contribution is -0.132. The molecule has 1 heterocycles. The molecule has 1 saturated heterocycles. The molecule has 4 rings (SSSR count). The number of β-amino-alcohol motifs (C(OH)–C–C–N with tert-alkyl or cyclic N) is 1. The number of hydrogen-bond acceptors (Lipinski definition) is 4. The van der Waals surface area contributed by atoms with Gasteiger partial charge in [-0.05, 0) is 36.1 Å². The minimum absolute atomic E-state index is 0.0280. The van der Waals surface area contributed by atoms with Gasteiger partial charge in [0.2, 0.25) is 0 Å². The highest BCUT2D eigenvalue weighted by atomic mass is 16.5. The Balaban J connectivity index is 1.54. The summed E-state index contributed by atoms with van der Waals surface area (Å²) >= 11 is 0. The zero-order valence-electron chi connectivity index (χ0n) is 18.8. The SMILES string of the molecule is Cc1cccc(C)c1OCC(O)CN1C(=O)NC(Cc2ccccc2)(c2ccccc2)C1=O. The molecule has 0 aromatic heterocycles. The van der Waals surface area contributed by atoms with E-state index in [-0.39, 0.29) is 19.1 Å². The predicted molar refractivity (Wildman–Crippen MR) is 126 cm³/mol. The van der Waals surface area contributed by atoms with Crippen LogP contribution in [0, 0.1) is 13.8 Å². The van der Waals surface area contributed by atoms with Crippen LogP contribution in [0.15, 0.2) is 78.9 Å². The average molecular weight is 445 g/mol. The fraction of sp³-hybridized carbons (Fsp3) is 0.259. The van der Waals surface area contributed by atoms with Gasteiger partial charge in [-0.25, -0.2) is 4.79 Å². The summed E-state index contributed by atoms with van der Waals surface area (Å²) in [6.07, 6.45) is -0.713. The van der Waals surface area contributed by atoms with E-state index >= 15 is 0 Å². The van der Waals surface area contributed by atoms with Gasteiger partial charge in [0.25, 0.3) is 5.91 Å². The summed E-state index contributed by atoms with van der Waals surface area (Å²) in [5.41, 5.74) is 2.32. The van der Waals surface area contributed by atoms with Gasteiger partial charge in [0.15, 0.2) is 5.54 Å². The normalized spacial score (nSPS) is 18.8. The Kier molecular flexibility index (Phi) is 6.47. The summed E-state index contributed by atoms with van der Waals surface area (Å²) < 4.78 is 5.82. The van der Waals surface area contributed by atoms with Gasteiger partial charge in [0, 0.05) is 6.42 Å². The third-order valence-corrected chi connectivity index (χ3v) is 5.98. The number of imide groups is 1. The summed E-state index contributed by atoms with van der Waals surface area (Å²) in [6, 6.07) is 24.1. The fourth-order valence-corrected chi connectivity index (χ4v) is 4.30. The molecule has 2 unspecified atom stereocenters. The Morgan fingerprint density at radius 1 is 0.909 bits per heavy atom. The fourth-order valence-electron chi connectivity index (χ4n) is 4.30. The number of amides is 3. The third kappa shape index (κ3) is 4.61. The number of rotatable bonds is 8. The number of hydrogen-bond donors (Lipinski definition) is 2. The minimum Gasteiger partial charge on any atom is -0.490 e. The van der Waals surface area contributed by atoms with Crippen LogP contribution in [0.3, 0.4) is 0 Å². The lowest BCUT2D eigenvalue weighted by Gasteiger charge is -2.28. The van der Waals surface area contributed by atoms with Crippen LogP contribution in [0.5, 0.6) is 5.75 Å². The highest BCUT2D eigenvalue weighted by Crippen LogP contribution is 2.33. The molecule has 2 N–H and O–H groups in total. The molecule has 2 atom stereocenters. The van der Waals surface area contributed by atoms with Crippen LogP contribution in [0.1, 0.15) is 22.3 Å². The standard InChI is InChI=1S/C27H28N2O4/c1-19-10-9-11-20(2)24(19)33-18-23(30)17-29-25(31)27(28-26(29)32,22-14-7-4-8-15-22)16-21-12-5-3-6-13-21/h3-15,23,30H,16-18H2,1-2H3,(H,28,32). The van der Waals surface area contributed by atoms with Gasteiger partial charge < -0.3 is 15.2 Å². The number of nitrogens with zero attached hydrogens (tertiary/aromatic N) is 1. The Bertz CT molecular complexity index is 1110. The molecule has 6 nitrogen and oxygen atoms in total. The second kappa shape index (κ2) is 9.46. The van der Waals surface area contributed by atoms with Crippen molar-refractivity contribution in [2.75, 3.05) is 13.2 Å². The van der Waals surface area contributed by atoms with Crippen LogP contribution in [0.4, 0.5) is 4.79 Å². The Hall–Kier alpha value is -3.64. The van der Waals surface area contributed by atoms with E-state index in [9.17, 15) is 14.7 Å². The Morgan fingerprint density at radius 2 is 1.52 bits per heavy atom. The number of carbonyl (C=O) groups excluding carboxylic acids is 2. The molecule has 0 saturated carbocycles. The number of para-hydroxylation sites is 1. The van der Waals surface area contributed by atoms with Gasteiger partial charge in [-0.1, -0.05) is 78.9 Å². The van der Waals surface area contributed by atoms with E-state index in [4.69, 9.17) is 4.74 Å². The molecule has 0 aliphatic carbocycles. The Morgan fingerprint density at radius 3 is 2.15 bits per heavy atom. The number of aryl methyl sites for hydroxylation is 2. The zero-order chi connectivity index (χ0) is 23.4. The number of benzene rings is 3. The van der Waals surface area contributed by atoms with E-state index < -0.39 is 17.7 Å². The molecular formula is C27H28N2O4. The van der Waals surface area contributed by atoms with Gasteiger partial charge >= 0.3 is 6.03 Å². The summed E-state index contributed by atoms with van der Waals surface area (Å²) in [7, 11) is 0. The number of carbonyl (C=O) groups is 2. The van der Waals surface area contributed by atoms with E-state index in [0.717, 1.165) is 21.6 Å². The van der Waals surface area contributed by atoms with Crippen molar-refractivity contribution in [1.29, 1.82) is 0 Å². The molecule has 0 radical (unpaired) electrons. The van der Waals surface area contributed by atoms with Crippen LogP contribution in [-0.2, 0) is 16.8 Å². The second-order valence-corrected chi connectivity index (χ2v) is 8.47. The maximum absolute atomic E-state index is 13.7. The van der Waals surface area contributed by atoms with Gasteiger partial charge in [-0.15, -0.1) is 0 Å². The van der Waals surface area contributed by atoms with Crippen LogP contribution in [-0.4, -0.2) is 41.2 Å². The molecule has 3 amide bonds. The van der Waals surface area contributed by atoms with E-state index in [2.05, 4.69) is 5.32 Å². The quantitative estimate of drug-likeness (QED) is 0.519.